The van der Waals surface area contributed by atoms with Gasteiger partial charge >= 0.3 is 5.97 Å². The van der Waals surface area contributed by atoms with Gasteiger partial charge in [-0.3, -0.25) is 0 Å². The van der Waals surface area contributed by atoms with Crippen LogP contribution in [0.25, 0.3) is 0 Å². The zero-order valence-corrected chi connectivity index (χ0v) is 10.3. The first-order valence-corrected chi connectivity index (χ1v) is 5.73. The number of ether oxygens (including phenoxy) is 1. The Balaban J connectivity index is 0. The van der Waals surface area contributed by atoms with Crippen LogP contribution < -0.4 is 0 Å². The number of carbonyl (C=O) groups is 1. The number of aliphatic hydroxyl groups is 2. The quantitative estimate of drug-likeness (QED) is 0.305. The van der Waals surface area contributed by atoms with Crippen molar-refractivity contribution in [3.05, 3.63) is 12.7 Å². The summed E-state index contributed by atoms with van der Waals surface area (Å²) in [6.45, 7) is 7.76. The molecule has 96 valence electrons. The van der Waals surface area contributed by atoms with Gasteiger partial charge in [0.2, 0.25) is 0 Å². The Labute approximate surface area is 97.9 Å². The van der Waals surface area contributed by atoms with E-state index >= 15 is 0 Å². The van der Waals surface area contributed by atoms with Gasteiger partial charge in [0.15, 0.2) is 6.29 Å². The molecule has 0 saturated heterocycles. The number of aliphatic hydroxyl groups excluding tert-OH is 1. The van der Waals surface area contributed by atoms with Crippen molar-refractivity contribution in [3.8, 4) is 0 Å². The Morgan fingerprint density at radius 1 is 1.31 bits per heavy atom. The minimum atomic E-state index is -1.10. The minimum Gasteiger partial charge on any atom is -0.463 e. The highest BCUT2D eigenvalue weighted by Gasteiger charge is 1.93. The third kappa shape index (κ3) is 18.8. The Morgan fingerprint density at radius 2 is 1.94 bits per heavy atom. The molecule has 0 unspecified atom stereocenters. The minimum absolute atomic E-state index is 0.341. The highest BCUT2D eigenvalue weighted by Crippen LogP contribution is 1.99. The van der Waals surface area contributed by atoms with Gasteiger partial charge in [-0.05, 0) is 19.3 Å². The fraction of sp³-hybridized carbons (Fsp3) is 0.750. The van der Waals surface area contributed by atoms with E-state index < -0.39 is 6.29 Å². The van der Waals surface area contributed by atoms with Crippen molar-refractivity contribution in [2.45, 2.75) is 52.2 Å². The highest BCUT2D eigenvalue weighted by atomic mass is 16.5. The van der Waals surface area contributed by atoms with Gasteiger partial charge in [0, 0.05) is 6.08 Å². The summed E-state index contributed by atoms with van der Waals surface area (Å²) in [5.41, 5.74) is 0. The molecule has 0 amide bonds. The fourth-order valence-corrected chi connectivity index (χ4v) is 0.838. The standard InChI is InChI=1S/C6H10O2.C6H14O2/c1-3-5-8-6(7)4-2;1-2-3-4-5-6(7)8/h4H,2-3,5H2,1H3;6-8H,2-5H2,1H3. The number of rotatable bonds is 7. The molecule has 4 nitrogen and oxygen atoms in total. The molecule has 2 N–H and O–H groups in total. The largest absolute Gasteiger partial charge is 0.463 e. The van der Waals surface area contributed by atoms with E-state index in [9.17, 15) is 4.79 Å². The van der Waals surface area contributed by atoms with Crippen LogP contribution in [0.2, 0.25) is 0 Å². The van der Waals surface area contributed by atoms with E-state index in [1.54, 1.807) is 0 Å². The number of carbonyl (C=O) groups excluding carboxylic acids is 1. The summed E-state index contributed by atoms with van der Waals surface area (Å²) in [5, 5.41) is 16.7. The first-order chi connectivity index (χ1) is 7.58. The lowest BCUT2D eigenvalue weighted by atomic mass is 10.2. The highest BCUT2D eigenvalue weighted by molar-refractivity contribution is 5.81. The number of esters is 1. The van der Waals surface area contributed by atoms with Crippen molar-refractivity contribution in [1.29, 1.82) is 0 Å². The fourth-order valence-electron chi connectivity index (χ4n) is 0.838. The average molecular weight is 232 g/mol. The molecular weight excluding hydrogens is 208 g/mol. The zero-order valence-electron chi connectivity index (χ0n) is 10.3. The van der Waals surface area contributed by atoms with E-state index in [1.165, 1.54) is 0 Å². The van der Waals surface area contributed by atoms with Crippen LogP contribution in [-0.4, -0.2) is 29.1 Å². The van der Waals surface area contributed by atoms with Gasteiger partial charge < -0.3 is 14.9 Å². The molecule has 0 aromatic rings. The summed E-state index contributed by atoms with van der Waals surface area (Å²) in [4.78, 5) is 10.2. The summed E-state index contributed by atoms with van der Waals surface area (Å²) < 4.78 is 4.58. The lowest BCUT2D eigenvalue weighted by Gasteiger charge is -1.99. The molecule has 0 atom stereocenters. The smallest absolute Gasteiger partial charge is 0.330 e. The molecular formula is C12H24O4. The second-order valence-electron chi connectivity index (χ2n) is 3.35. The molecule has 0 fully saturated rings. The van der Waals surface area contributed by atoms with Crippen LogP contribution in [0.15, 0.2) is 12.7 Å². The van der Waals surface area contributed by atoms with E-state index in [0.717, 1.165) is 31.8 Å². The van der Waals surface area contributed by atoms with Crippen LogP contribution in [0.1, 0.15) is 46.0 Å². The van der Waals surface area contributed by atoms with E-state index in [4.69, 9.17) is 10.2 Å². The molecule has 0 aromatic carbocycles. The van der Waals surface area contributed by atoms with E-state index in [-0.39, 0.29) is 5.97 Å². The van der Waals surface area contributed by atoms with Gasteiger partial charge in [-0.2, -0.15) is 0 Å². The van der Waals surface area contributed by atoms with Gasteiger partial charge in [-0.1, -0.05) is 33.3 Å². The van der Waals surface area contributed by atoms with Crippen molar-refractivity contribution in [2.75, 3.05) is 6.61 Å². The van der Waals surface area contributed by atoms with Gasteiger partial charge in [0.25, 0.3) is 0 Å². The molecule has 0 saturated carbocycles. The van der Waals surface area contributed by atoms with Gasteiger partial charge in [0.1, 0.15) is 0 Å². The van der Waals surface area contributed by atoms with E-state index in [1.807, 2.05) is 6.92 Å². The van der Waals surface area contributed by atoms with Crippen LogP contribution in [0.3, 0.4) is 0 Å². The number of unbranched alkanes of at least 4 members (excludes halogenated alkanes) is 2. The summed E-state index contributed by atoms with van der Waals surface area (Å²) >= 11 is 0. The Morgan fingerprint density at radius 3 is 2.31 bits per heavy atom. The van der Waals surface area contributed by atoms with E-state index in [2.05, 4.69) is 18.2 Å². The number of hydrogen-bond donors (Lipinski definition) is 2. The summed E-state index contributed by atoms with van der Waals surface area (Å²) in [6, 6.07) is 0. The topological polar surface area (TPSA) is 66.8 Å². The Bertz CT molecular complexity index is 166. The monoisotopic (exact) mass is 232 g/mol. The van der Waals surface area contributed by atoms with Crippen LogP contribution in [0.4, 0.5) is 0 Å². The zero-order chi connectivity index (χ0) is 12.8. The van der Waals surface area contributed by atoms with Crippen molar-refractivity contribution in [1.82, 2.24) is 0 Å². The SMILES string of the molecule is C=CC(=O)OCCC.CCCCCC(O)O. The Hall–Kier alpha value is -0.870. The third-order valence-electron chi connectivity index (χ3n) is 1.68. The van der Waals surface area contributed by atoms with Crippen LogP contribution in [-0.2, 0) is 9.53 Å². The maximum absolute atomic E-state index is 10.2. The predicted octanol–water partition coefficient (Wildman–Crippen LogP) is 2.00. The van der Waals surface area contributed by atoms with Crippen LogP contribution >= 0.6 is 0 Å². The first kappa shape index (κ1) is 17.5. The maximum Gasteiger partial charge on any atom is 0.330 e. The second kappa shape index (κ2) is 14.1. The van der Waals surface area contributed by atoms with Crippen LogP contribution in [0.5, 0.6) is 0 Å². The molecule has 0 aromatic heterocycles. The second-order valence-corrected chi connectivity index (χ2v) is 3.35. The normalized spacial score (nSPS) is 9.31. The van der Waals surface area contributed by atoms with Crippen molar-refractivity contribution < 1.29 is 19.7 Å². The lowest BCUT2D eigenvalue weighted by molar-refractivity contribution is -0.137. The molecule has 0 radical (unpaired) electrons. The summed E-state index contributed by atoms with van der Waals surface area (Å²) in [7, 11) is 0. The number of hydrogen-bond acceptors (Lipinski definition) is 4. The summed E-state index contributed by atoms with van der Waals surface area (Å²) in [5.74, 6) is -0.341. The molecule has 0 aliphatic rings. The Kier molecular flexibility index (Phi) is 15.5. The van der Waals surface area contributed by atoms with Crippen molar-refractivity contribution in [3.63, 3.8) is 0 Å². The summed E-state index contributed by atoms with van der Waals surface area (Å²) in [6.07, 6.45) is 4.60. The molecule has 0 bridgehead atoms. The predicted molar refractivity (Wildman–Crippen MR) is 63.8 cm³/mol. The molecule has 0 aliphatic heterocycles. The van der Waals surface area contributed by atoms with Crippen LogP contribution in [0, 0.1) is 0 Å². The van der Waals surface area contributed by atoms with Crippen molar-refractivity contribution >= 4 is 5.97 Å². The molecule has 0 spiro atoms. The van der Waals surface area contributed by atoms with Gasteiger partial charge in [0.05, 0.1) is 6.61 Å². The van der Waals surface area contributed by atoms with E-state index in [0.29, 0.717) is 13.0 Å². The first-order valence-electron chi connectivity index (χ1n) is 5.73. The van der Waals surface area contributed by atoms with Crippen molar-refractivity contribution in [2.24, 2.45) is 0 Å². The molecule has 0 heterocycles. The lowest BCUT2D eigenvalue weighted by Crippen LogP contribution is -2.02. The van der Waals surface area contributed by atoms with Gasteiger partial charge in [-0.25, -0.2) is 4.79 Å². The maximum atomic E-state index is 10.2. The van der Waals surface area contributed by atoms with Gasteiger partial charge in [-0.15, -0.1) is 0 Å². The molecule has 0 aliphatic carbocycles. The molecule has 4 heteroatoms. The third-order valence-corrected chi connectivity index (χ3v) is 1.68. The average Bonchev–Trinajstić information content (AvgIpc) is 2.26. The molecule has 0 rings (SSSR count). The molecule has 16 heavy (non-hydrogen) atoms.